The summed E-state index contributed by atoms with van der Waals surface area (Å²) < 4.78 is 4.93. The van der Waals surface area contributed by atoms with Gasteiger partial charge in [0, 0.05) is 33.7 Å². The molecule has 4 N–H and O–H groups in total. The predicted molar refractivity (Wildman–Crippen MR) is 98.2 cm³/mol. The summed E-state index contributed by atoms with van der Waals surface area (Å²) in [5, 5.41) is 22.1. The molecule has 2 aromatic heterocycles. The number of esters is 2. The highest BCUT2D eigenvalue weighted by Crippen LogP contribution is 2.43. The number of carbonyl (C=O) groups is 2. The number of benzene rings is 3. The smallest absolute Gasteiger partial charge is 0.347 e. The Hall–Kier alpha value is -4.00. The number of nitrogens with one attached hydrogen (secondary N) is 2. The lowest BCUT2D eigenvalue weighted by Gasteiger charge is -2.01. The number of H-pyrrole nitrogens is 2. The Bertz CT molecular complexity index is 1390. The highest BCUT2D eigenvalue weighted by atomic mass is 16.6. The zero-order chi connectivity index (χ0) is 18.4. The van der Waals surface area contributed by atoms with E-state index in [1.54, 1.807) is 24.3 Å². The molecule has 1 aliphatic heterocycles. The number of aromatic hydroxyl groups is 2. The number of aromatic nitrogens is 2. The van der Waals surface area contributed by atoms with E-state index in [2.05, 4.69) is 9.97 Å². The third-order valence-electron chi connectivity index (χ3n) is 5.16. The second-order valence-corrected chi connectivity index (χ2v) is 6.64. The van der Waals surface area contributed by atoms with E-state index >= 15 is 0 Å². The molecule has 0 fully saturated rings. The molecule has 0 unspecified atom stereocenters. The summed E-state index contributed by atoms with van der Waals surface area (Å²) in [6, 6.07) is 9.56. The van der Waals surface area contributed by atoms with Crippen molar-refractivity contribution in [3.63, 3.8) is 0 Å². The van der Waals surface area contributed by atoms with E-state index in [-0.39, 0.29) is 22.6 Å². The van der Waals surface area contributed by atoms with E-state index in [0.717, 1.165) is 0 Å². The van der Waals surface area contributed by atoms with Gasteiger partial charge in [0.15, 0.2) is 0 Å². The standard InChI is InChI=1S/C20H10N2O5/c23-7-1-3-9-11(5-7)21-17-13(9)15-16(20(26)27-19(15)25)14-10-4-2-8(24)6-12(10)22-18(14)17/h1-6,21-24H. The Morgan fingerprint density at radius 1 is 0.704 bits per heavy atom. The third kappa shape index (κ3) is 1.61. The van der Waals surface area contributed by atoms with Gasteiger partial charge in [-0.2, -0.15) is 0 Å². The number of phenolic OH excluding ortho intramolecular Hbond substituents is 2. The second-order valence-electron chi connectivity index (χ2n) is 6.64. The van der Waals surface area contributed by atoms with E-state index in [1.807, 2.05) is 0 Å². The van der Waals surface area contributed by atoms with E-state index in [4.69, 9.17) is 4.74 Å². The molecule has 0 amide bonds. The van der Waals surface area contributed by atoms with Crippen molar-refractivity contribution in [3.8, 4) is 11.5 Å². The number of hydrogen-bond acceptors (Lipinski definition) is 5. The summed E-state index contributed by atoms with van der Waals surface area (Å²) in [6.45, 7) is 0. The van der Waals surface area contributed by atoms with Crippen LogP contribution in [0.5, 0.6) is 11.5 Å². The minimum absolute atomic E-state index is 0.0853. The minimum atomic E-state index is -0.691. The lowest BCUT2D eigenvalue weighted by Crippen LogP contribution is -1.97. The fourth-order valence-electron chi connectivity index (χ4n) is 4.11. The Morgan fingerprint density at radius 3 is 1.59 bits per heavy atom. The maximum atomic E-state index is 12.5. The van der Waals surface area contributed by atoms with Crippen LogP contribution in [0.4, 0.5) is 0 Å². The van der Waals surface area contributed by atoms with E-state index in [9.17, 15) is 19.8 Å². The molecule has 3 heterocycles. The molecule has 0 radical (unpaired) electrons. The van der Waals surface area contributed by atoms with Crippen LogP contribution in [0.25, 0.3) is 43.6 Å². The third-order valence-corrected chi connectivity index (χ3v) is 5.16. The van der Waals surface area contributed by atoms with Crippen molar-refractivity contribution in [3.05, 3.63) is 47.5 Å². The van der Waals surface area contributed by atoms with Gasteiger partial charge in [-0.25, -0.2) is 9.59 Å². The molecular weight excluding hydrogens is 348 g/mol. The summed E-state index contributed by atoms with van der Waals surface area (Å²) in [5.41, 5.74) is 2.96. The summed E-state index contributed by atoms with van der Waals surface area (Å²) in [5.74, 6) is -1.21. The van der Waals surface area contributed by atoms with Gasteiger partial charge in [-0.3, -0.25) is 0 Å². The van der Waals surface area contributed by atoms with Crippen molar-refractivity contribution in [2.24, 2.45) is 0 Å². The van der Waals surface area contributed by atoms with Crippen LogP contribution in [0.1, 0.15) is 20.7 Å². The molecule has 6 rings (SSSR count). The first-order chi connectivity index (χ1) is 13.0. The monoisotopic (exact) mass is 358 g/mol. The van der Waals surface area contributed by atoms with E-state index < -0.39 is 11.9 Å². The van der Waals surface area contributed by atoms with Crippen molar-refractivity contribution < 1.29 is 24.5 Å². The molecule has 0 saturated carbocycles. The predicted octanol–water partition coefficient (Wildman–Crippen LogP) is 3.68. The molecule has 0 aliphatic carbocycles. The van der Waals surface area contributed by atoms with Gasteiger partial charge in [-0.05, 0) is 24.3 Å². The summed E-state index contributed by atoms with van der Waals surface area (Å²) >= 11 is 0. The molecule has 0 bridgehead atoms. The topological polar surface area (TPSA) is 115 Å². The van der Waals surface area contributed by atoms with E-state index in [0.29, 0.717) is 43.6 Å². The van der Waals surface area contributed by atoms with Crippen LogP contribution < -0.4 is 0 Å². The highest BCUT2D eigenvalue weighted by molar-refractivity contribution is 6.36. The zero-order valence-electron chi connectivity index (χ0n) is 13.6. The van der Waals surface area contributed by atoms with Gasteiger partial charge in [0.1, 0.15) is 11.5 Å². The molecule has 0 atom stereocenters. The Morgan fingerprint density at radius 2 is 1.15 bits per heavy atom. The number of ether oxygens (including phenoxy) is 1. The minimum Gasteiger partial charge on any atom is -0.508 e. The normalized spacial score (nSPS) is 13.9. The Labute approximate surface area is 149 Å². The molecule has 0 spiro atoms. The van der Waals surface area contributed by atoms with Crippen LogP contribution in [0.2, 0.25) is 0 Å². The number of hydrogen-bond donors (Lipinski definition) is 4. The Balaban J connectivity index is 1.98. The summed E-state index contributed by atoms with van der Waals surface area (Å²) in [7, 11) is 0. The van der Waals surface area contributed by atoms with Crippen molar-refractivity contribution >= 4 is 55.6 Å². The molecule has 27 heavy (non-hydrogen) atoms. The average Bonchev–Trinajstić information content (AvgIpc) is 3.25. The van der Waals surface area contributed by atoms with Gasteiger partial charge in [0.2, 0.25) is 0 Å². The largest absolute Gasteiger partial charge is 0.508 e. The first kappa shape index (κ1) is 14.2. The van der Waals surface area contributed by atoms with Crippen molar-refractivity contribution in [1.82, 2.24) is 9.97 Å². The lowest BCUT2D eigenvalue weighted by molar-refractivity contribution is 0.0445. The summed E-state index contributed by atoms with van der Waals surface area (Å²) in [4.78, 5) is 31.5. The first-order valence-electron chi connectivity index (χ1n) is 8.24. The molecule has 1 aliphatic rings. The highest BCUT2D eigenvalue weighted by Gasteiger charge is 2.37. The first-order valence-corrected chi connectivity index (χ1v) is 8.24. The van der Waals surface area contributed by atoms with Crippen LogP contribution in [-0.2, 0) is 4.74 Å². The maximum absolute atomic E-state index is 12.5. The van der Waals surface area contributed by atoms with Crippen LogP contribution in [-0.4, -0.2) is 32.1 Å². The van der Waals surface area contributed by atoms with Crippen molar-refractivity contribution in [2.45, 2.75) is 0 Å². The number of rotatable bonds is 0. The quantitative estimate of drug-likeness (QED) is 0.249. The average molecular weight is 358 g/mol. The van der Waals surface area contributed by atoms with E-state index in [1.165, 1.54) is 12.1 Å². The van der Waals surface area contributed by atoms with Gasteiger partial charge in [-0.1, -0.05) is 0 Å². The molecular formula is C20H10N2O5. The van der Waals surface area contributed by atoms with Gasteiger partial charge >= 0.3 is 11.9 Å². The Kier molecular flexibility index (Phi) is 2.31. The SMILES string of the molecule is O=C1OC(=O)c2c1c1c3ccc(O)cc3[nH]c1c1[nH]c3cc(O)ccc3c21. The van der Waals surface area contributed by atoms with Gasteiger partial charge in [0.05, 0.1) is 33.2 Å². The number of carbonyl (C=O) groups excluding carboxylic acids is 2. The van der Waals surface area contributed by atoms with Gasteiger partial charge < -0.3 is 24.9 Å². The van der Waals surface area contributed by atoms with Gasteiger partial charge in [0.25, 0.3) is 0 Å². The molecule has 7 nitrogen and oxygen atoms in total. The molecule has 0 saturated heterocycles. The number of cyclic esters (lactones) is 2. The van der Waals surface area contributed by atoms with Crippen molar-refractivity contribution in [2.75, 3.05) is 0 Å². The molecule has 3 aromatic carbocycles. The van der Waals surface area contributed by atoms with Gasteiger partial charge in [-0.15, -0.1) is 0 Å². The maximum Gasteiger partial charge on any atom is 0.347 e. The molecule has 130 valence electrons. The van der Waals surface area contributed by atoms with Crippen LogP contribution in [0.3, 0.4) is 0 Å². The fraction of sp³-hybridized carbons (Fsp3) is 0. The molecule has 5 aromatic rings. The van der Waals surface area contributed by atoms with Crippen LogP contribution in [0, 0.1) is 0 Å². The zero-order valence-corrected chi connectivity index (χ0v) is 13.6. The number of aromatic amines is 2. The number of phenols is 2. The van der Waals surface area contributed by atoms with Crippen molar-refractivity contribution in [1.29, 1.82) is 0 Å². The number of fused-ring (bicyclic) bond motifs is 10. The second kappa shape index (κ2) is 4.39. The lowest BCUT2D eigenvalue weighted by atomic mass is 9.97. The van der Waals surface area contributed by atoms with Crippen LogP contribution in [0.15, 0.2) is 36.4 Å². The molecule has 7 heteroatoms. The summed E-state index contributed by atoms with van der Waals surface area (Å²) in [6.07, 6.45) is 0. The van der Waals surface area contributed by atoms with Crippen LogP contribution >= 0.6 is 0 Å². The fourth-order valence-corrected chi connectivity index (χ4v) is 4.11.